The maximum absolute atomic E-state index is 11.1. The molecule has 0 aliphatic heterocycles. The predicted octanol–water partition coefficient (Wildman–Crippen LogP) is -0.350. The Bertz CT molecular complexity index is 371. The van der Waals surface area contributed by atoms with E-state index < -0.39 is 11.5 Å². The van der Waals surface area contributed by atoms with Crippen LogP contribution in [0.25, 0.3) is 0 Å². The van der Waals surface area contributed by atoms with E-state index in [1.807, 2.05) is 0 Å². The number of esters is 1. The smallest absolute Gasteiger partial charge is 0.364 e. The third-order valence-electron chi connectivity index (χ3n) is 1.28. The van der Waals surface area contributed by atoms with E-state index in [9.17, 15) is 9.59 Å². The van der Waals surface area contributed by atoms with E-state index in [1.54, 1.807) is 13.8 Å². The van der Waals surface area contributed by atoms with Gasteiger partial charge in [0, 0.05) is 0 Å². The number of aromatic nitrogens is 3. The maximum Gasteiger partial charge on any atom is 0.364 e. The third kappa shape index (κ3) is 2.11. The van der Waals surface area contributed by atoms with Gasteiger partial charge in [-0.2, -0.15) is 0 Å². The van der Waals surface area contributed by atoms with Gasteiger partial charge in [0.1, 0.15) is 5.82 Å². The second kappa shape index (κ2) is 3.79. The van der Waals surface area contributed by atoms with Crippen molar-refractivity contribution in [3.05, 3.63) is 21.9 Å². The largest absolute Gasteiger partial charge is 0.461 e. The molecular formula is C7H9N3O3. The zero-order valence-corrected chi connectivity index (χ0v) is 7.33. The van der Waals surface area contributed by atoms with Crippen LogP contribution in [0.15, 0.2) is 4.79 Å². The molecular weight excluding hydrogens is 174 g/mol. The van der Waals surface area contributed by atoms with Gasteiger partial charge >= 0.3 is 5.97 Å². The lowest BCUT2D eigenvalue weighted by atomic mass is 10.4. The molecule has 1 heterocycles. The molecule has 6 heteroatoms. The summed E-state index contributed by atoms with van der Waals surface area (Å²) in [5.74, 6) is -0.394. The summed E-state index contributed by atoms with van der Waals surface area (Å²) in [6.07, 6.45) is 0. The average Bonchev–Trinajstić information content (AvgIpc) is 2.04. The van der Waals surface area contributed by atoms with Gasteiger partial charge in [0.25, 0.3) is 5.56 Å². The van der Waals surface area contributed by atoms with Gasteiger partial charge in [-0.1, -0.05) is 0 Å². The quantitative estimate of drug-likeness (QED) is 0.633. The monoisotopic (exact) mass is 183 g/mol. The number of aryl methyl sites for hydroxylation is 1. The van der Waals surface area contributed by atoms with Crippen LogP contribution in [0, 0.1) is 6.92 Å². The summed E-state index contributed by atoms with van der Waals surface area (Å²) in [5, 5.41) is 6.96. The molecule has 0 saturated heterocycles. The molecule has 1 aromatic heterocycles. The summed E-state index contributed by atoms with van der Waals surface area (Å²) >= 11 is 0. The second-order valence-electron chi connectivity index (χ2n) is 2.31. The number of nitrogens with one attached hydrogen (secondary N) is 1. The van der Waals surface area contributed by atoms with Crippen LogP contribution >= 0.6 is 0 Å². The Hall–Kier alpha value is -1.72. The normalized spacial score (nSPS) is 9.69. The van der Waals surface area contributed by atoms with Crippen molar-refractivity contribution >= 4 is 5.97 Å². The molecule has 0 spiro atoms. The van der Waals surface area contributed by atoms with Gasteiger partial charge in [0.05, 0.1) is 6.61 Å². The Labute approximate surface area is 74.0 Å². The minimum absolute atomic E-state index is 0.202. The number of nitrogens with zero attached hydrogens (tertiary/aromatic N) is 2. The van der Waals surface area contributed by atoms with Gasteiger partial charge in [0.15, 0.2) is 0 Å². The number of aromatic amines is 1. The van der Waals surface area contributed by atoms with E-state index in [4.69, 9.17) is 0 Å². The topological polar surface area (TPSA) is 84.9 Å². The Morgan fingerprint density at radius 1 is 1.54 bits per heavy atom. The predicted molar refractivity (Wildman–Crippen MR) is 43.3 cm³/mol. The molecule has 0 atom stereocenters. The van der Waals surface area contributed by atoms with Crippen LogP contribution in [0.4, 0.5) is 0 Å². The summed E-state index contributed by atoms with van der Waals surface area (Å²) < 4.78 is 4.59. The van der Waals surface area contributed by atoms with Crippen LogP contribution < -0.4 is 5.56 Å². The highest BCUT2D eigenvalue weighted by Crippen LogP contribution is 1.88. The first-order chi connectivity index (χ1) is 6.15. The molecule has 0 radical (unpaired) electrons. The SMILES string of the molecule is CCOC(=O)c1nnc(C)[nH]c1=O. The van der Waals surface area contributed by atoms with Gasteiger partial charge in [-0.05, 0) is 13.8 Å². The van der Waals surface area contributed by atoms with Crippen molar-refractivity contribution in [2.45, 2.75) is 13.8 Å². The zero-order chi connectivity index (χ0) is 9.84. The lowest BCUT2D eigenvalue weighted by Crippen LogP contribution is -2.23. The van der Waals surface area contributed by atoms with Crippen LogP contribution in [-0.2, 0) is 4.74 Å². The van der Waals surface area contributed by atoms with Crippen molar-refractivity contribution < 1.29 is 9.53 Å². The second-order valence-corrected chi connectivity index (χ2v) is 2.31. The molecule has 1 rings (SSSR count). The number of hydrogen-bond donors (Lipinski definition) is 1. The highest BCUT2D eigenvalue weighted by Gasteiger charge is 2.13. The Morgan fingerprint density at radius 2 is 2.23 bits per heavy atom. The van der Waals surface area contributed by atoms with Crippen molar-refractivity contribution in [2.24, 2.45) is 0 Å². The van der Waals surface area contributed by atoms with Crippen LogP contribution in [-0.4, -0.2) is 27.8 Å². The summed E-state index contributed by atoms with van der Waals surface area (Å²) in [6, 6.07) is 0. The molecule has 6 nitrogen and oxygen atoms in total. The first kappa shape index (κ1) is 9.37. The van der Waals surface area contributed by atoms with Crippen molar-refractivity contribution in [3.8, 4) is 0 Å². The summed E-state index contributed by atoms with van der Waals surface area (Å²) in [6.45, 7) is 3.42. The number of H-pyrrole nitrogens is 1. The van der Waals surface area contributed by atoms with Crippen molar-refractivity contribution in [1.29, 1.82) is 0 Å². The molecule has 1 N–H and O–H groups in total. The summed E-state index contributed by atoms with van der Waals surface area (Å²) in [5.41, 5.74) is -0.890. The lowest BCUT2D eigenvalue weighted by Gasteiger charge is -1.98. The summed E-state index contributed by atoms with van der Waals surface area (Å²) in [7, 11) is 0. The molecule has 0 amide bonds. The number of ether oxygens (including phenoxy) is 1. The standard InChI is InChI=1S/C7H9N3O3/c1-3-13-7(12)5-6(11)8-4(2)9-10-5/h3H2,1-2H3,(H,8,9,11). The molecule has 0 fully saturated rings. The van der Waals surface area contributed by atoms with Crippen molar-refractivity contribution in [1.82, 2.24) is 15.2 Å². The van der Waals surface area contributed by atoms with Crippen LogP contribution in [0.2, 0.25) is 0 Å². The molecule has 0 unspecified atom stereocenters. The molecule has 0 aromatic carbocycles. The zero-order valence-electron chi connectivity index (χ0n) is 7.33. The number of carbonyl (C=O) groups is 1. The van der Waals surface area contributed by atoms with Gasteiger partial charge in [0.2, 0.25) is 5.69 Å². The van der Waals surface area contributed by atoms with E-state index in [0.29, 0.717) is 5.82 Å². The van der Waals surface area contributed by atoms with Gasteiger partial charge in [-0.3, -0.25) is 4.79 Å². The van der Waals surface area contributed by atoms with Gasteiger partial charge in [-0.15, -0.1) is 10.2 Å². The molecule has 13 heavy (non-hydrogen) atoms. The average molecular weight is 183 g/mol. The van der Waals surface area contributed by atoms with E-state index in [0.717, 1.165) is 0 Å². The molecule has 70 valence electrons. The third-order valence-corrected chi connectivity index (χ3v) is 1.28. The van der Waals surface area contributed by atoms with Crippen molar-refractivity contribution in [3.63, 3.8) is 0 Å². The minimum atomic E-state index is -0.753. The van der Waals surface area contributed by atoms with E-state index in [2.05, 4.69) is 19.9 Å². The summed E-state index contributed by atoms with van der Waals surface area (Å²) in [4.78, 5) is 24.5. The fourth-order valence-electron chi connectivity index (χ4n) is 0.752. The van der Waals surface area contributed by atoms with Gasteiger partial charge < -0.3 is 9.72 Å². The van der Waals surface area contributed by atoms with Crippen LogP contribution in [0.1, 0.15) is 23.2 Å². The molecule has 0 aliphatic rings. The van der Waals surface area contributed by atoms with Crippen LogP contribution in [0.3, 0.4) is 0 Å². The molecule has 0 aliphatic carbocycles. The number of carbonyl (C=O) groups excluding carboxylic acids is 1. The first-order valence-corrected chi connectivity index (χ1v) is 3.76. The highest BCUT2D eigenvalue weighted by molar-refractivity contribution is 5.86. The fraction of sp³-hybridized carbons (Fsp3) is 0.429. The lowest BCUT2D eigenvalue weighted by molar-refractivity contribution is 0.0515. The van der Waals surface area contributed by atoms with E-state index in [1.165, 1.54) is 0 Å². The Morgan fingerprint density at radius 3 is 2.77 bits per heavy atom. The van der Waals surface area contributed by atoms with E-state index in [-0.39, 0.29) is 12.3 Å². The maximum atomic E-state index is 11.1. The van der Waals surface area contributed by atoms with E-state index >= 15 is 0 Å². The van der Waals surface area contributed by atoms with Crippen LogP contribution in [0.5, 0.6) is 0 Å². The molecule has 1 aromatic rings. The Balaban J connectivity index is 3.02. The highest BCUT2D eigenvalue weighted by atomic mass is 16.5. The molecule has 0 saturated carbocycles. The number of rotatable bonds is 2. The fourth-order valence-corrected chi connectivity index (χ4v) is 0.752. The first-order valence-electron chi connectivity index (χ1n) is 3.76. The van der Waals surface area contributed by atoms with Crippen molar-refractivity contribution in [2.75, 3.05) is 6.61 Å². The number of hydrogen-bond acceptors (Lipinski definition) is 5. The Kier molecular flexibility index (Phi) is 2.73. The minimum Gasteiger partial charge on any atom is -0.461 e. The molecule has 0 bridgehead atoms. The van der Waals surface area contributed by atoms with Gasteiger partial charge in [-0.25, -0.2) is 4.79 Å².